The number of nitro benzene ring substituents is 1. The van der Waals surface area contributed by atoms with Gasteiger partial charge in [-0.25, -0.2) is 0 Å². The summed E-state index contributed by atoms with van der Waals surface area (Å²) in [5, 5.41) is 17.3. The van der Waals surface area contributed by atoms with Crippen molar-refractivity contribution in [1.29, 1.82) is 0 Å². The first-order chi connectivity index (χ1) is 9.72. The van der Waals surface area contributed by atoms with E-state index in [1.54, 1.807) is 24.5 Å². The monoisotopic (exact) mass is 275 g/mol. The quantitative estimate of drug-likeness (QED) is 0.598. The van der Waals surface area contributed by atoms with Crippen LogP contribution in [0.25, 0.3) is 0 Å². The van der Waals surface area contributed by atoms with Crippen LogP contribution in [0.5, 0.6) is 0 Å². The molecule has 1 heterocycles. The normalized spacial score (nSPS) is 10.2. The van der Waals surface area contributed by atoms with Crippen LogP contribution in [0.1, 0.15) is 12.7 Å². The lowest BCUT2D eigenvalue weighted by Gasteiger charge is -2.10. The van der Waals surface area contributed by atoms with E-state index in [4.69, 9.17) is 4.42 Å². The van der Waals surface area contributed by atoms with E-state index in [1.165, 1.54) is 0 Å². The van der Waals surface area contributed by atoms with Crippen molar-refractivity contribution in [3.8, 4) is 0 Å². The predicted octanol–water partition coefficient (Wildman–Crippen LogP) is 3.27. The first-order valence-corrected chi connectivity index (χ1v) is 6.50. The highest BCUT2D eigenvalue weighted by atomic mass is 16.6. The Kier molecular flexibility index (Phi) is 4.60. The number of hydrogen-bond acceptors (Lipinski definition) is 5. The molecule has 0 amide bonds. The van der Waals surface area contributed by atoms with Crippen LogP contribution in [0.3, 0.4) is 0 Å². The molecular formula is C14H17N3O3. The molecule has 2 aromatic rings. The highest BCUT2D eigenvalue weighted by Crippen LogP contribution is 2.32. The number of nitrogens with one attached hydrogen (secondary N) is 2. The van der Waals surface area contributed by atoms with Crippen LogP contribution in [0.4, 0.5) is 17.1 Å². The third-order valence-corrected chi connectivity index (χ3v) is 2.85. The lowest BCUT2D eigenvalue weighted by molar-refractivity contribution is -0.383. The number of benzene rings is 1. The number of nitrogens with zero attached hydrogens (tertiary/aromatic N) is 1. The predicted molar refractivity (Wildman–Crippen MR) is 78.2 cm³/mol. The third kappa shape index (κ3) is 3.28. The average molecular weight is 275 g/mol. The van der Waals surface area contributed by atoms with Crippen molar-refractivity contribution in [3.63, 3.8) is 0 Å². The fraction of sp³-hybridized carbons (Fsp3) is 0.286. The van der Waals surface area contributed by atoms with Gasteiger partial charge in [-0.05, 0) is 31.2 Å². The van der Waals surface area contributed by atoms with Gasteiger partial charge in [-0.2, -0.15) is 0 Å². The Bertz CT molecular complexity index is 567. The Balaban J connectivity index is 2.09. The minimum Gasteiger partial charge on any atom is -0.469 e. The summed E-state index contributed by atoms with van der Waals surface area (Å²) < 4.78 is 5.23. The van der Waals surface area contributed by atoms with Crippen molar-refractivity contribution in [2.75, 3.05) is 23.7 Å². The van der Waals surface area contributed by atoms with Gasteiger partial charge in [0.2, 0.25) is 0 Å². The maximum Gasteiger partial charge on any atom is 0.315 e. The van der Waals surface area contributed by atoms with Crippen LogP contribution in [-0.4, -0.2) is 18.0 Å². The second-order valence-corrected chi connectivity index (χ2v) is 4.25. The summed E-state index contributed by atoms with van der Waals surface area (Å²) in [4.78, 5) is 10.8. The van der Waals surface area contributed by atoms with Crippen molar-refractivity contribution >= 4 is 17.1 Å². The minimum atomic E-state index is -0.368. The molecule has 0 spiro atoms. The topological polar surface area (TPSA) is 80.3 Å². The van der Waals surface area contributed by atoms with E-state index in [2.05, 4.69) is 10.6 Å². The van der Waals surface area contributed by atoms with Gasteiger partial charge in [0.25, 0.3) is 0 Å². The van der Waals surface area contributed by atoms with E-state index < -0.39 is 0 Å². The van der Waals surface area contributed by atoms with E-state index in [0.717, 1.165) is 5.76 Å². The van der Waals surface area contributed by atoms with E-state index in [1.807, 2.05) is 19.1 Å². The smallest absolute Gasteiger partial charge is 0.315 e. The van der Waals surface area contributed by atoms with Crippen molar-refractivity contribution in [2.24, 2.45) is 0 Å². The summed E-state index contributed by atoms with van der Waals surface area (Å²) in [5.41, 5.74) is 1.12. The second-order valence-electron chi connectivity index (χ2n) is 4.25. The Morgan fingerprint density at radius 3 is 2.55 bits per heavy atom. The molecule has 0 aliphatic rings. The van der Waals surface area contributed by atoms with Crippen molar-refractivity contribution in [1.82, 2.24) is 0 Å². The van der Waals surface area contributed by atoms with Crippen LogP contribution in [-0.2, 0) is 6.42 Å². The summed E-state index contributed by atoms with van der Waals surface area (Å²) >= 11 is 0. The molecule has 2 N–H and O–H groups in total. The molecule has 0 saturated carbocycles. The maximum absolute atomic E-state index is 11.2. The molecule has 6 heteroatoms. The Hall–Kier alpha value is -2.50. The van der Waals surface area contributed by atoms with E-state index >= 15 is 0 Å². The highest BCUT2D eigenvalue weighted by molar-refractivity contribution is 5.76. The standard InChI is InChI=1S/C14H17N3O3/c1-2-15-12-6-3-7-13(14(12)17(18)19)16-9-8-11-5-4-10-20-11/h3-7,10,15-16H,2,8-9H2,1H3. The molecule has 6 nitrogen and oxygen atoms in total. The van der Waals surface area contributed by atoms with E-state index in [9.17, 15) is 10.1 Å². The maximum atomic E-state index is 11.2. The summed E-state index contributed by atoms with van der Waals surface area (Å²) in [5.74, 6) is 0.850. The van der Waals surface area contributed by atoms with E-state index in [0.29, 0.717) is 30.9 Å². The zero-order valence-electron chi connectivity index (χ0n) is 11.3. The summed E-state index contributed by atoms with van der Waals surface area (Å²) in [6.45, 7) is 3.11. The molecule has 0 atom stereocenters. The van der Waals surface area contributed by atoms with Crippen LogP contribution >= 0.6 is 0 Å². The fourth-order valence-corrected chi connectivity index (χ4v) is 1.99. The number of furan rings is 1. The van der Waals surface area contributed by atoms with Gasteiger partial charge in [0.15, 0.2) is 0 Å². The average Bonchev–Trinajstić information content (AvgIpc) is 2.92. The molecule has 0 saturated heterocycles. The zero-order chi connectivity index (χ0) is 14.4. The third-order valence-electron chi connectivity index (χ3n) is 2.85. The molecule has 0 aliphatic heterocycles. The molecule has 0 bridgehead atoms. The van der Waals surface area contributed by atoms with Crippen LogP contribution in [0, 0.1) is 10.1 Å². The number of anilines is 2. The number of hydrogen-bond donors (Lipinski definition) is 2. The van der Waals surface area contributed by atoms with Gasteiger partial charge in [-0.3, -0.25) is 10.1 Å². The fourth-order valence-electron chi connectivity index (χ4n) is 1.99. The van der Waals surface area contributed by atoms with Crippen molar-refractivity contribution in [3.05, 3.63) is 52.5 Å². The summed E-state index contributed by atoms with van der Waals surface area (Å²) in [6.07, 6.45) is 2.29. The van der Waals surface area contributed by atoms with Crippen molar-refractivity contribution < 1.29 is 9.34 Å². The van der Waals surface area contributed by atoms with Gasteiger partial charge in [0.1, 0.15) is 17.1 Å². The zero-order valence-corrected chi connectivity index (χ0v) is 11.3. The molecule has 2 rings (SSSR count). The Morgan fingerprint density at radius 1 is 1.20 bits per heavy atom. The Morgan fingerprint density at radius 2 is 1.95 bits per heavy atom. The van der Waals surface area contributed by atoms with Gasteiger partial charge in [0.05, 0.1) is 11.2 Å². The number of para-hydroxylation sites is 1. The van der Waals surface area contributed by atoms with Crippen LogP contribution in [0.2, 0.25) is 0 Å². The molecular weight excluding hydrogens is 258 g/mol. The molecule has 106 valence electrons. The van der Waals surface area contributed by atoms with Gasteiger partial charge >= 0.3 is 5.69 Å². The molecule has 0 fully saturated rings. The minimum absolute atomic E-state index is 0.0776. The van der Waals surface area contributed by atoms with Gasteiger partial charge < -0.3 is 15.1 Å². The molecule has 1 aromatic heterocycles. The first-order valence-electron chi connectivity index (χ1n) is 6.50. The van der Waals surface area contributed by atoms with Gasteiger partial charge in [-0.1, -0.05) is 6.07 Å². The molecule has 0 aliphatic carbocycles. The molecule has 0 unspecified atom stereocenters. The van der Waals surface area contributed by atoms with Gasteiger partial charge in [-0.15, -0.1) is 0 Å². The lowest BCUT2D eigenvalue weighted by Crippen LogP contribution is -2.08. The van der Waals surface area contributed by atoms with Crippen LogP contribution in [0.15, 0.2) is 41.0 Å². The van der Waals surface area contributed by atoms with E-state index in [-0.39, 0.29) is 10.6 Å². The summed E-state index contributed by atoms with van der Waals surface area (Å²) in [7, 11) is 0. The molecule has 0 radical (unpaired) electrons. The number of rotatable bonds is 7. The second kappa shape index (κ2) is 6.60. The Labute approximate surface area is 116 Å². The molecule has 20 heavy (non-hydrogen) atoms. The molecule has 1 aromatic carbocycles. The largest absolute Gasteiger partial charge is 0.469 e. The summed E-state index contributed by atoms with van der Waals surface area (Å²) in [6, 6.07) is 8.91. The van der Waals surface area contributed by atoms with Crippen LogP contribution < -0.4 is 10.6 Å². The van der Waals surface area contributed by atoms with Gasteiger partial charge in [0, 0.05) is 19.5 Å². The van der Waals surface area contributed by atoms with Crippen molar-refractivity contribution in [2.45, 2.75) is 13.3 Å². The lowest BCUT2D eigenvalue weighted by atomic mass is 10.2. The number of nitro groups is 1. The SMILES string of the molecule is CCNc1cccc(NCCc2ccco2)c1[N+](=O)[O-]. The highest BCUT2D eigenvalue weighted by Gasteiger charge is 2.18. The first kappa shape index (κ1) is 13.9.